The van der Waals surface area contributed by atoms with Gasteiger partial charge in [0.2, 0.25) is 0 Å². The summed E-state index contributed by atoms with van der Waals surface area (Å²) in [7, 11) is 1.98. The van der Waals surface area contributed by atoms with E-state index in [1.165, 1.54) is 18.4 Å². The fourth-order valence-electron chi connectivity index (χ4n) is 2.69. The van der Waals surface area contributed by atoms with Crippen LogP contribution in [0.5, 0.6) is 5.75 Å². The van der Waals surface area contributed by atoms with Crippen molar-refractivity contribution in [3.63, 3.8) is 0 Å². The summed E-state index contributed by atoms with van der Waals surface area (Å²) in [4.78, 5) is 0. The van der Waals surface area contributed by atoms with Gasteiger partial charge in [0.05, 0.1) is 6.04 Å². The normalized spacial score (nSPS) is 23.5. The van der Waals surface area contributed by atoms with Crippen molar-refractivity contribution in [1.82, 2.24) is 5.32 Å². The lowest BCUT2D eigenvalue weighted by Gasteiger charge is -2.33. The van der Waals surface area contributed by atoms with Crippen LogP contribution >= 0.6 is 0 Å². The van der Waals surface area contributed by atoms with Crippen LogP contribution in [0.3, 0.4) is 0 Å². The monoisotopic (exact) mass is 263 g/mol. The van der Waals surface area contributed by atoms with Crippen LogP contribution in [0.1, 0.15) is 38.3 Å². The molecule has 0 bridgehead atoms. The van der Waals surface area contributed by atoms with Gasteiger partial charge in [0.15, 0.2) is 0 Å². The van der Waals surface area contributed by atoms with Gasteiger partial charge in [0.25, 0.3) is 0 Å². The third kappa shape index (κ3) is 3.48. The van der Waals surface area contributed by atoms with Crippen molar-refractivity contribution in [2.45, 2.75) is 38.8 Å². The lowest BCUT2D eigenvalue weighted by Crippen LogP contribution is -2.40. The standard InChI is InChI=1S/C16H25NO2/c1-4-7-12(2)10-18-15-11-19-14-9-6-5-8-13(14)16(15)17-3/h5-6,8-9,12,15-17H,4,7,10-11H2,1-3H3. The zero-order valence-electron chi connectivity index (χ0n) is 12.2. The molecular weight excluding hydrogens is 238 g/mol. The highest BCUT2D eigenvalue weighted by atomic mass is 16.5. The molecule has 3 unspecified atom stereocenters. The molecule has 1 N–H and O–H groups in total. The van der Waals surface area contributed by atoms with Crippen molar-refractivity contribution in [2.24, 2.45) is 5.92 Å². The van der Waals surface area contributed by atoms with E-state index in [0.29, 0.717) is 12.5 Å². The van der Waals surface area contributed by atoms with Crippen molar-refractivity contribution in [3.05, 3.63) is 29.8 Å². The molecule has 0 aliphatic carbocycles. The van der Waals surface area contributed by atoms with Crippen LogP contribution in [0.2, 0.25) is 0 Å². The van der Waals surface area contributed by atoms with Gasteiger partial charge in [-0.25, -0.2) is 0 Å². The van der Waals surface area contributed by atoms with Crippen molar-refractivity contribution < 1.29 is 9.47 Å². The number of nitrogens with one attached hydrogen (secondary N) is 1. The molecule has 1 aromatic rings. The maximum Gasteiger partial charge on any atom is 0.124 e. The number of ether oxygens (including phenoxy) is 2. The summed E-state index contributed by atoms with van der Waals surface area (Å²) in [5.74, 6) is 1.59. The second kappa shape index (κ2) is 6.92. The van der Waals surface area contributed by atoms with E-state index in [1.54, 1.807) is 0 Å². The Morgan fingerprint density at radius 3 is 2.95 bits per heavy atom. The van der Waals surface area contributed by atoms with Crippen LogP contribution in [0.15, 0.2) is 24.3 Å². The maximum atomic E-state index is 6.07. The lowest BCUT2D eigenvalue weighted by molar-refractivity contribution is -0.0276. The first kappa shape index (κ1) is 14.4. The van der Waals surface area contributed by atoms with Gasteiger partial charge in [-0.05, 0) is 25.5 Å². The zero-order chi connectivity index (χ0) is 13.7. The second-order valence-corrected chi connectivity index (χ2v) is 5.38. The maximum absolute atomic E-state index is 6.07. The molecule has 3 nitrogen and oxygen atoms in total. The molecule has 1 aliphatic rings. The summed E-state index contributed by atoms with van der Waals surface area (Å²) >= 11 is 0. The molecule has 0 amide bonds. The molecule has 0 aromatic heterocycles. The molecule has 0 fully saturated rings. The predicted molar refractivity (Wildman–Crippen MR) is 77.5 cm³/mol. The molecule has 19 heavy (non-hydrogen) atoms. The van der Waals surface area contributed by atoms with Gasteiger partial charge in [-0.3, -0.25) is 0 Å². The number of hydrogen-bond donors (Lipinski definition) is 1. The number of benzene rings is 1. The minimum absolute atomic E-state index is 0.0965. The molecule has 0 saturated carbocycles. The quantitative estimate of drug-likeness (QED) is 0.855. The number of fused-ring (bicyclic) bond motifs is 1. The van der Waals surface area contributed by atoms with Crippen molar-refractivity contribution >= 4 is 0 Å². The highest BCUT2D eigenvalue weighted by molar-refractivity contribution is 5.38. The van der Waals surface area contributed by atoms with Gasteiger partial charge >= 0.3 is 0 Å². The van der Waals surface area contributed by atoms with Crippen LogP contribution < -0.4 is 10.1 Å². The summed E-state index contributed by atoms with van der Waals surface area (Å²) in [6.45, 7) is 5.89. The van der Waals surface area contributed by atoms with Crippen molar-refractivity contribution in [3.8, 4) is 5.75 Å². The Labute approximate surface area is 116 Å². The molecule has 0 spiro atoms. The Morgan fingerprint density at radius 1 is 1.42 bits per heavy atom. The first-order valence-electron chi connectivity index (χ1n) is 7.26. The largest absolute Gasteiger partial charge is 0.490 e. The molecule has 0 saturated heterocycles. The molecule has 106 valence electrons. The molecular formula is C16H25NO2. The SMILES string of the molecule is CCCC(C)COC1COc2ccccc2C1NC. The lowest BCUT2D eigenvalue weighted by atomic mass is 9.98. The third-order valence-electron chi connectivity index (χ3n) is 3.72. The van der Waals surface area contributed by atoms with Crippen LogP contribution in [0.25, 0.3) is 0 Å². The smallest absolute Gasteiger partial charge is 0.124 e. The summed E-state index contributed by atoms with van der Waals surface area (Å²) < 4.78 is 11.9. The Kier molecular flexibility index (Phi) is 5.23. The van der Waals surface area contributed by atoms with Gasteiger partial charge in [-0.15, -0.1) is 0 Å². The van der Waals surface area contributed by atoms with E-state index in [1.807, 2.05) is 19.2 Å². The Hall–Kier alpha value is -1.06. The van der Waals surface area contributed by atoms with E-state index in [9.17, 15) is 0 Å². The third-order valence-corrected chi connectivity index (χ3v) is 3.72. The number of likely N-dealkylation sites (N-methyl/N-ethyl adjacent to an activating group) is 1. The van der Waals surface area contributed by atoms with E-state index >= 15 is 0 Å². The van der Waals surface area contributed by atoms with Gasteiger partial charge < -0.3 is 14.8 Å². The molecule has 1 aliphatic heterocycles. The minimum Gasteiger partial charge on any atom is -0.490 e. The van der Waals surface area contributed by atoms with E-state index in [-0.39, 0.29) is 12.1 Å². The van der Waals surface area contributed by atoms with Crippen LogP contribution in [-0.4, -0.2) is 26.4 Å². The number of hydrogen-bond acceptors (Lipinski definition) is 3. The molecule has 2 rings (SSSR count). The van der Waals surface area contributed by atoms with Crippen molar-refractivity contribution in [1.29, 1.82) is 0 Å². The fourth-order valence-corrected chi connectivity index (χ4v) is 2.69. The molecule has 3 atom stereocenters. The average molecular weight is 263 g/mol. The Balaban J connectivity index is 1.99. The fraction of sp³-hybridized carbons (Fsp3) is 0.625. The van der Waals surface area contributed by atoms with Crippen LogP contribution in [0.4, 0.5) is 0 Å². The van der Waals surface area contributed by atoms with E-state index < -0.39 is 0 Å². The number of para-hydroxylation sites is 1. The highest BCUT2D eigenvalue weighted by Crippen LogP contribution is 2.33. The summed E-state index contributed by atoms with van der Waals surface area (Å²) in [6, 6.07) is 8.42. The average Bonchev–Trinajstić information content (AvgIpc) is 2.44. The Morgan fingerprint density at radius 2 is 2.21 bits per heavy atom. The molecule has 3 heteroatoms. The van der Waals surface area contributed by atoms with Gasteiger partial charge in [0, 0.05) is 12.2 Å². The van der Waals surface area contributed by atoms with Crippen LogP contribution in [0, 0.1) is 5.92 Å². The topological polar surface area (TPSA) is 30.5 Å². The summed E-state index contributed by atoms with van der Waals surface area (Å²) in [6.07, 6.45) is 2.53. The predicted octanol–water partition coefficient (Wildman–Crippen LogP) is 3.16. The second-order valence-electron chi connectivity index (χ2n) is 5.38. The number of rotatable bonds is 6. The molecule has 1 heterocycles. The van der Waals surface area contributed by atoms with Gasteiger partial charge in [-0.2, -0.15) is 0 Å². The van der Waals surface area contributed by atoms with E-state index in [4.69, 9.17) is 9.47 Å². The first-order valence-corrected chi connectivity index (χ1v) is 7.26. The summed E-state index contributed by atoms with van der Waals surface area (Å²) in [5, 5.41) is 3.36. The first-order chi connectivity index (χ1) is 9.26. The highest BCUT2D eigenvalue weighted by Gasteiger charge is 2.30. The van der Waals surface area contributed by atoms with Gasteiger partial charge in [-0.1, -0.05) is 38.5 Å². The van der Waals surface area contributed by atoms with Crippen molar-refractivity contribution in [2.75, 3.05) is 20.3 Å². The molecule has 0 radical (unpaired) electrons. The van der Waals surface area contributed by atoms with Gasteiger partial charge in [0.1, 0.15) is 18.5 Å². The Bertz CT molecular complexity index is 394. The summed E-state index contributed by atoms with van der Waals surface area (Å²) in [5.41, 5.74) is 1.20. The van der Waals surface area contributed by atoms with E-state index in [0.717, 1.165) is 12.4 Å². The van der Waals surface area contributed by atoms with E-state index in [2.05, 4.69) is 31.3 Å². The van der Waals surface area contributed by atoms with Crippen LogP contribution in [-0.2, 0) is 4.74 Å². The zero-order valence-corrected chi connectivity index (χ0v) is 12.2. The minimum atomic E-state index is 0.0965. The molecule has 1 aromatic carbocycles.